The summed E-state index contributed by atoms with van der Waals surface area (Å²) in [5, 5.41) is 0. The summed E-state index contributed by atoms with van der Waals surface area (Å²) in [6, 6.07) is 0. The topological polar surface area (TPSA) is 0 Å². The molecule has 0 aromatic rings. The van der Waals surface area contributed by atoms with Crippen molar-refractivity contribution in [3.63, 3.8) is 0 Å². The summed E-state index contributed by atoms with van der Waals surface area (Å²) in [5.41, 5.74) is 0. The lowest BCUT2D eigenvalue weighted by Gasteiger charge is -2.28. The number of hydrogen-bond donors (Lipinski definition) is 0. The average molecular weight is 166 g/mol. The zero-order chi connectivity index (χ0) is 8.39. The first-order valence-electron chi connectivity index (χ1n) is 5.88. The van der Waals surface area contributed by atoms with Crippen molar-refractivity contribution in [2.75, 3.05) is 0 Å². The molecule has 0 aromatic heterocycles. The fraction of sp³-hybridized carbons (Fsp3) is 1.00. The fourth-order valence-electron chi connectivity index (χ4n) is 3.44. The molecule has 2 saturated carbocycles. The van der Waals surface area contributed by atoms with E-state index in [0.717, 1.165) is 17.8 Å². The molecule has 2 aliphatic rings. The molecule has 0 spiro atoms. The summed E-state index contributed by atoms with van der Waals surface area (Å²) in [7, 11) is 0. The van der Waals surface area contributed by atoms with E-state index >= 15 is 0 Å². The maximum Gasteiger partial charge on any atom is -0.0360 e. The van der Waals surface area contributed by atoms with E-state index in [9.17, 15) is 0 Å². The Hall–Kier alpha value is 0. The molecule has 0 heterocycles. The third kappa shape index (κ3) is 1.67. The summed E-state index contributed by atoms with van der Waals surface area (Å²) < 4.78 is 0. The highest BCUT2D eigenvalue weighted by atomic mass is 14.4. The van der Waals surface area contributed by atoms with Crippen LogP contribution in [0.25, 0.3) is 0 Å². The predicted octanol–water partition coefficient (Wildman–Crippen LogP) is 4.00. The molecule has 0 heteroatoms. The van der Waals surface area contributed by atoms with Crippen LogP contribution in [0.2, 0.25) is 0 Å². The van der Waals surface area contributed by atoms with Gasteiger partial charge in [0, 0.05) is 0 Å². The second-order valence-electron chi connectivity index (χ2n) is 4.97. The van der Waals surface area contributed by atoms with E-state index in [2.05, 4.69) is 6.92 Å². The third-order valence-electron chi connectivity index (χ3n) is 4.18. The standard InChI is InChI=1S/C12H22/c1-10-6-3-2-4-7-11-8-5-9-12(10)11/h10-12H,2-9H2,1H3. The average Bonchev–Trinajstić information content (AvgIpc) is 2.47. The first-order chi connectivity index (χ1) is 5.88. The number of fused-ring (bicyclic) bond motifs is 1. The Morgan fingerprint density at radius 2 is 1.50 bits per heavy atom. The maximum absolute atomic E-state index is 2.49. The Bertz CT molecular complexity index is 139. The van der Waals surface area contributed by atoms with Crippen molar-refractivity contribution < 1.29 is 0 Å². The summed E-state index contributed by atoms with van der Waals surface area (Å²) in [6.45, 7) is 2.49. The highest BCUT2D eigenvalue weighted by Crippen LogP contribution is 2.42. The Kier molecular flexibility index (Phi) is 2.73. The smallest absolute Gasteiger partial charge is 0.0360 e. The van der Waals surface area contributed by atoms with Gasteiger partial charge in [-0.15, -0.1) is 0 Å². The number of rotatable bonds is 0. The van der Waals surface area contributed by atoms with E-state index in [4.69, 9.17) is 0 Å². The minimum atomic E-state index is 1.04. The van der Waals surface area contributed by atoms with Crippen LogP contribution in [0.3, 0.4) is 0 Å². The molecule has 0 bridgehead atoms. The van der Waals surface area contributed by atoms with E-state index in [-0.39, 0.29) is 0 Å². The lowest BCUT2D eigenvalue weighted by Crippen LogP contribution is -2.18. The van der Waals surface area contributed by atoms with Gasteiger partial charge in [-0.25, -0.2) is 0 Å². The molecular formula is C12H22. The molecule has 2 rings (SSSR count). The summed E-state index contributed by atoms with van der Waals surface area (Å²) in [5.74, 6) is 3.28. The zero-order valence-electron chi connectivity index (χ0n) is 8.39. The summed E-state index contributed by atoms with van der Waals surface area (Å²) in [6.07, 6.45) is 12.2. The maximum atomic E-state index is 2.49. The highest BCUT2D eigenvalue weighted by Gasteiger charge is 2.31. The second kappa shape index (κ2) is 3.81. The van der Waals surface area contributed by atoms with Crippen LogP contribution >= 0.6 is 0 Å². The van der Waals surface area contributed by atoms with Gasteiger partial charge in [-0.05, 0) is 24.2 Å². The first-order valence-corrected chi connectivity index (χ1v) is 5.88. The van der Waals surface area contributed by atoms with Gasteiger partial charge in [-0.2, -0.15) is 0 Å². The van der Waals surface area contributed by atoms with Crippen LogP contribution in [0, 0.1) is 17.8 Å². The second-order valence-corrected chi connectivity index (χ2v) is 4.97. The van der Waals surface area contributed by atoms with Gasteiger partial charge in [0.1, 0.15) is 0 Å². The molecule has 0 aromatic carbocycles. The lowest BCUT2D eigenvalue weighted by atomic mass is 9.78. The van der Waals surface area contributed by atoms with Crippen molar-refractivity contribution in [2.24, 2.45) is 17.8 Å². The number of hydrogen-bond acceptors (Lipinski definition) is 0. The van der Waals surface area contributed by atoms with Crippen LogP contribution in [0.5, 0.6) is 0 Å². The van der Waals surface area contributed by atoms with Crippen molar-refractivity contribution in [3.8, 4) is 0 Å². The van der Waals surface area contributed by atoms with Crippen LogP contribution in [0.15, 0.2) is 0 Å². The van der Waals surface area contributed by atoms with Crippen LogP contribution in [-0.2, 0) is 0 Å². The molecule has 3 unspecified atom stereocenters. The van der Waals surface area contributed by atoms with Gasteiger partial charge in [0.15, 0.2) is 0 Å². The molecule has 2 aliphatic carbocycles. The third-order valence-corrected chi connectivity index (χ3v) is 4.18. The van der Waals surface area contributed by atoms with Gasteiger partial charge in [0.25, 0.3) is 0 Å². The monoisotopic (exact) mass is 166 g/mol. The minimum Gasteiger partial charge on any atom is -0.0622 e. The zero-order valence-corrected chi connectivity index (χ0v) is 8.39. The molecular weight excluding hydrogens is 144 g/mol. The molecule has 0 aliphatic heterocycles. The van der Waals surface area contributed by atoms with E-state index < -0.39 is 0 Å². The molecule has 12 heavy (non-hydrogen) atoms. The highest BCUT2D eigenvalue weighted by molar-refractivity contribution is 4.82. The molecule has 0 amide bonds. The van der Waals surface area contributed by atoms with Crippen molar-refractivity contribution in [1.82, 2.24) is 0 Å². The van der Waals surface area contributed by atoms with Gasteiger partial charge in [0.05, 0.1) is 0 Å². The van der Waals surface area contributed by atoms with Gasteiger partial charge in [-0.1, -0.05) is 51.9 Å². The van der Waals surface area contributed by atoms with Gasteiger partial charge in [-0.3, -0.25) is 0 Å². The van der Waals surface area contributed by atoms with E-state index in [0.29, 0.717) is 0 Å². The largest absolute Gasteiger partial charge is 0.0622 e. The lowest BCUT2D eigenvalue weighted by molar-refractivity contribution is 0.225. The van der Waals surface area contributed by atoms with Crippen LogP contribution in [-0.4, -0.2) is 0 Å². The van der Waals surface area contributed by atoms with Crippen LogP contribution in [0.4, 0.5) is 0 Å². The SMILES string of the molecule is CC1CCCCCC2CCCC12. The fourth-order valence-corrected chi connectivity index (χ4v) is 3.44. The van der Waals surface area contributed by atoms with Gasteiger partial charge < -0.3 is 0 Å². The quantitative estimate of drug-likeness (QED) is 0.510. The predicted molar refractivity (Wildman–Crippen MR) is 53.1 cm³/mol. The molecule has 3 atom stereocenters. The minimum absolute atomic E-state index is 1.04. The van der Waals surface area contributed by atoms with E-state index in [1.54, 1.807) is 19.3 Å². The van der Waals surface area contributed by atoms with Gasteiger partial charge in [0.2, 0.25) is 0 Å². The van der Waals surface area contributed by atoms with Crippen molar-refractivity contribution >= 4 is 0 Å². The Morgan fingerprint density at radius 3 is 2.42 bits per heavy atom. The van der Waals surface area contributed by atoms with Crippen molar-refractivity contribution in [3.05, 3.63) is 0 Å². The molecule has 0 saturated heterocycles. The Balaban J connectivity index is 1.98. The molecule has 0 radical (unpaired) electrons. The first kappa shape index (κ1) is 8.59. The Morgan fingerprint density at radius 1 is 0.750 bits per heavy atom. The summed E-state index contributed by atoms with van der Waals surface area (Å²) in [4.78, 5) is 0. The van der Waals surface area contributed by atoms with Crippen molar-refractivity contribution in [2.45, 2.75) is 58.3 Å². The van der Waals surface area contributed by atoms with Crippen LogP contribution < -0.4 is 0 Å². The van der Waals surface area contributed by atoms with Crippen LogP contribution in [0.1, 0.15) is 58.3 Å². The van der Waals surface area contributed by atoms with Crippen molar-refractivity contribution in [1.29, 1.82) is 0 Å². The molecule has 2 fully saturated rings. The van der Waals surface area contributed by atoms with E-state index in [1.165, 1.54) is 32.1 Å². The summed E-state index contributed by atoms with van der Waals surface area (Å²) >= 11 is 0. The Labute approximate surface area is 76.7 Å². The normalized spacial score (nSPS) is 43.2. The van der Waals surface area contributed by atoms with E-state index in [1.807, 2.05) is 0 Å². The molecule has 0 N–H and O–H groups in total. The molecule has 0 nitrogen and oxygen atoms in total. The van der Waals surface area contributed by atoms with Gasteiger partial charge >= 0.3 is 0 Å². The molecule has 70 valence electrons.